The molecule has 1 atom stereocenters. The second-order valence-electron chi connectivity index (χ2n) is 3.25. The summed E-state index contributed by atoms with van der Waals surface area (Å²) in [4.78, 5) is 4.23. The molecule has 0 saturated carbocycles. The molecule has 1 rings (SSSR count). The molecule has 1 aromatic rings. The molecule has 2 heteroatoms. The van der Waals surface area contributed by atoms with Crippen molar-refractivity contribution in [3.8, 4) is 11.8 Å². The average Bonchev–Trinajstić information content (AvgIpc) is 2.20. The summed E-state index contributed by atoms with van der Waals surface area (Å²) in [6, 6.07) is 6.08. The van der Waals surface area contributed by atoms with E-state index < -0.39 is 0 Å². The van der Waals surface area contributed by atoms with Crippen LogP contribution < -0.4 is 5.73 Å². The minimum absolute atomic E-state index is 0.172. The maximum atomic E-state index is 5.94. The first kappa shape index (κ1) is 10.7. The molecule has 0 fully saturated rings. The molecule has 0 aliphatic heterocycles. The molecule has 0 spiro atoms. The molecule has 1 unspecified atom stereocenters. The van der Waals surface area contributed by atoms with Crippen LogP contribution in [0.2, 0.25) is 0 Å². The fourth-order valence-corrected chi connectivity index (χ4v) is 1.27. The van der Waals surface area contributed by atoms with Crippen molar-refractivity contribution in [1.29, 1.82) is 0 Å². The molecule has 0 aromatic carbocycles. The van der Waals surface area contributed by atoms with E-state index in [2.05, 4.69) is 16.8 Å². The van der Waals surface area contributed by atoms with Gasteiger partial charge >= 0.3 is 0 Å². The molecule has 0 aliphatic rings. The van der Waals surface area contributed by atoms with E-state index in [4.69, 9.17) is 5.73 Å². The number of nitrogens with two attached hydrogens (primary N) is 1. The van der Waals surface area contributed by atoms with E-state index in [1.165, 1.54) is 0 Å². The van der Waals surface area contributed by atoms with E-state index in [0.29, 0.717) is 0 Å². The highest BCUT2D eigenvalue weighted by molar-refractivity contribution is 5.05. The van der Waals surface area contributed by atoms with E-state index in [-0.39, 0.29) is 6.04 Å². The van der Waals surface area contributed by atoms with E-state index in [9.17, 15) is 0 Å². The van der Waals surface area contributed by atoms with Gasteiger partial charge in [-0.05, 0) is 25.5 Å². The highest BCUT2D eigenvalue weighted by Gasteiger charge is 2.03. The van der Waals surface area contributed by atoms with Crippen LogP contribution in [0.3, 0.4) is 0 Å². The first-order valence-electron chi connectivity index (χ1n) is 4.88. The van der Waals surface area contributed by atoms with Crippen LogP contribution in [0, 0.1) is 11.8 Å². The topological polar surface area (TPSA) is 38.9 Å². The molecule has 2 N–H and O–H groups in total. The SMILES string of the molecule is CC#CCCC(N)Cc1ccccn1. The Bertz CT molecular complexity index is 308. The predicted molar refractivity (Wildman–Crippen MR) is 58.6 cm³/mol. The summed E-state index contributed by atoms with van der Waals surface area (Å²) in [5.41, 5.74) is 7.00. The molecular formula is C12H16N2. The van der Waals surface area contributed by atoms with E-state index >= 15 is 0 Å². The number of pyridine rings is 1. The van der Waals surface area contributed by atoms with Crippen LogP contribution in [0.15, 0.2) is 24.4 Å². The third-order valence-corrected chi connectivity index (χ3v) is 2.01. The Balaban J connectivity index is 2.33. The zero-order valence-corrected chi connectivity index (χ0v) is 8.53. The second-order valence-corrected chi connectivity index (χ2v) is 3.25. The molecule has 0 aliphatic carbocycles. The van der Waals surface area contributed by atoms with Gasteiger partial charge in [0.25, 0.3) is 0 Å². The van der Waals surface area contributed by atoms with Gasteiger partial charge in [-0.15, -0.1) is 11.8 Å². The van der Waals surface area contributed by atoms with Gasteiger partial charge in [-0.2, -0.15) is 0 Å². The molecule has 0 amide bonds. The minimum Gasteiger partial charge on any atom is -0.327 e. The minimum atomic E-state index is 0.172. The fraction of sp³-hybridized carbons (Fsp3) is 0.417. The Hall–Kier alpha value is -1.33. The lowest BCUT2D eigenvalue weighted by Gasteiger charge is -2.08. The highest BCUT2D eigenvalue weighted by atomic mass is 14.7. The molecule has 0 bridgehead atoms. The fourth-order valence-electron chi connectivity index (χ4n) is 1.27. The smallest absolute Gasteiger partial charge is 0.0419 e. The number of hydrogen-bond acceptors (Lipinski definition) is 2. The number of aromatic nitrogens is 1. The molecule has 0 saturated heterocycles. The lowest BCUT2D eigenvalue weighted by molar-refractivity contribution is 0.614. The van der Waals surface area contributed by atoms with Crippen LogP contribution in [0.4, 0.5) is 0 Å². The Kier molecular flexibility index (Phi) is 4.74. The zero-order chi connectivity index (χ0) is 10.2. The van der Waals surface area contributed by atoms with Crippen molar-refractivity contribution in [3.63, 3.8) is 0 Å². The van der Waals surface area contributed by atoms with E-state index in [0.717, 1.165) is 25.0 Å². The van der Waals surface area contributed by atoms with Crippen molar-refractivity contribution >= 4 is 0 Å². The monoisotopic (exact) mass is 188 g/mol. The van der Waals surface area contributed by atoms with Crippen molar-refractivity contribution in [2.24, 2.45) is 5.73 Å². The van der Waals surface area contributed by atoms with Crippen LogP contribution in [0.1, 0.15) is 25.5 Å². The first-order chi connectivity index (χ1) is 6.83. The summed E-state index contributed by atoms with van der Waals surface area (Å²) in [6.45, 7) is 1.85. The number of hydrogen-bond donors (Lipinski definition) is 1. The Morgan fingerprint density at radius 1 is 1.50 bits per heavy atom. The van der Waals surface area contributed by atoms with Crippen LogP contribution in [-0.2, 0) is 6.42 Å². The van der Waals surface area contributed by atoms with Gasteiger partial charge in [0.2, 0.25) is 0 Å². The second kappa shape index (κ2) is 6.17. The van der Waals surface area contributed by atoms with E-state index in [1.54, 1.807) is 6.20 Å². The van der Waals surface area contributed by atoms with E-state index in [1.807, 2.05) is 25.1 Å². The molecule has 74 valence electrons. The van der Waals surface area contributed by atoms with Gasteiger partial charge in [-0.25, -0.2) is 0 Å². The maximum absolute atomic E-state index is 5.94. The standard InChI is InChI=1S/C12H16N2/c1-2-3-4-7-11(13)10-12-8-5-6-9-14-12/h5-6,8-9,11H,4,7,10,13H2,1H3. The average molecular weight is 188 g/mol. The van der Waals surface area contributed by atoms with Crippen LogP contribution in [-0.4, -0.2) is 11.0 Å². The Morgan fingerprint density at radius 2 is 2.36 bits per heavy atom. The summed E-state index contributed by atoms with van der Waals surface area (Å²) < 4.78 is 0. The largest absolute Gasteiger partial charge is 0.327 e. The van der Waals surface area contributed by atoms with Gasteiger partial charge in [0.05, 0.1) is 0 Å². The third kappa shape index (κ3) is 4.06. The van der Waals surface area contributed by atoms with Crippen molar-refractivity contribution < 1.29 is 0 Å². The zero-order valence-electron chi connectivity index (χ0n) is 8.53. The molecular weight excluding hydrogens is 172 g/mol. The first-order valence-corrected chi connectivity index (χ1v) is 4.88. The lowest BCUT2D eigenvalue weighted by atomic mass is 10.1. The van der Waals surface area contributed by atoms with Crippen molar-refractivity contribution in [2.75, 3.05) is 0 Å². The van der Waals surface area contributed by atoms with Crippen molar-refractivity contribution in [3.05, 3.63) is 30.1 Å². The van der Waals surface area contributed by atoms with Gasteiger partial charge in [0.15, 0.2) is 0 Å². The van der Waals surface area contributed by atoms with Crippen LogP contribution in [0.5, 0.6) is 0 Å². The molecule has 0 radical (unpaired) electrons. The predicted octanol–water partition coefficient (Wildman–Crippen LogP) is 1.75. The molecule has 1 aromatic heterocycles. The number of nitrogens with zero attached hydrogens (tertiary/aromatic N) is 1. The van der Waals surface area contributed by atoms with Crippen molar-refractivity contribution in [2.45, 2.75) is 32.2 Å². The summed E-state index contributed by atoms with van der Waals surface area (Å²) in [6.07, 6.45) is 4.46. The maximum Gasteiger partial charge on any atom is 0.0419 e. The summed E-state index contributed by atoms with van der Waals surface area (Å²) in [7, 11) is 0. The van der Waals surface area contributed by atoms with Gasteiger partial charge in [-0.3, -0.25) is 4.98 Å². The Morgan fingerprint density at radius 3 is 3.00 bits per heavy atom. The Labute approximate surface area is 85.5 Å². The molecule has 14 heavy (non-hydrogen) atoms. The summed E-state index contributed by atoms with van der Waals surface area (Å²) in [5, 5.41) is 0. The molecule has 1 heterocycles. The van der Waals surface area contributed by atoms with Crippen molar-refractivity contribution in [1.82, 2.24) is 4.98 Å². The lowest BCUT2D eigenvalue weighted by Crippen LogP contribution is -2.22. The molecule has 2 nitrogen and oxygen atoms in total. The highest BCUT2D eigenvalue weighted by Crippen LogP contribution is 2.02. The normalized spacial score (nSPS) is 11.6. The third-order valence-electron chi connectivity index (χ3n) is 2.01. The van der Waals surface area contributed by atoms with Gasteiger partial charge in [-0.1, -0.05) is 6.07 Å². The van der Waals surface area contributed by atoms with Gasteiger partial charge in [0.1, 0.15) is 0 Å². The van der Waals surface area contributed by atoms with Gasteiger partial charge < -0.3 is 5.73 Å². The quantitative estimate of drug-likeness (QED) is 0.731. The summed E-state index contributed by atoms with van der Waals surface area (Å²) >= 11 is 0. The van der Waals surface area contributed by atoms with Crippen LogP contribution >= 0.6 is 0 Å². The van der Waals surface area contributed by atoms with Gasteiger partial charge in [0, 0.05) is 30.8 Å². The summed E-state index contributed by atoms with van der Waals surface area (Å²) in [5.74, 6) is 5.88. The van der Waals surface area contributed by atoms with Crippen LogP contribution in [0.25, 0.3) is 0 Å². The number of rotatable bonds is 4.